The van der Waals surface area contributed by atoms with Crippen molar-refractivity contribution in [2.45, 2.75) is 51.5 Å². The molecule has 0 aromatic heterocycles. The van der Waals surface area contributed by atoms with E-state index in [1.807, 2.05) is 12.1 Å². The lowest BCUT2D eigenvalue weighted by Crippen LogP contribution is -3.00. The molecule has 0 heterocycles. The molecule has 22 heavy (non-hydrogen) atoms. The molecule has 0 radical (unpaired) electrons. The van der Waals surface area contributed by atoms with Gasteiger partial charge in [0.25, 0.3) is 0 Å². The minimum atomic E-state index is 0. The van der Waals surface area contributed by atoms with Crippen molar-refractivity contribution in [1.82, 2.24) is 0 Å². The molecule has 2 atom stereocenters. The van der Waals surface area contributed by atoms with Crippen LogP contribution in [0.3, 0.4) is 0 Å². The zero-order valence-corrected chi connectivity index (χ0v) is 14.1. The second-order valence-electron chi connectivity index (χ2n) is 8.08. The van der Waals surface area contributed by atoms with E-state index in [0.29, 0.717) is 11.2 Å². The third kappa shape index (κ3) is 3.14. The Kier molecular flexibility index (Phi) is 4.70. The normalized spacial score (nSPS) is 35.9. The number of rotatable bonds is 4. The largest absolute Gasteiger partial charge is 1.00 e. The van der Waals surface area contributed by atoms with Crippen molar-refractivity contribution < 1.29 is 22.8 Å². The lowest BCUT2D eigenvalue weighted by Gasteiger charge is -2.47. The van der Waals surface area contributed by atoms with Crippen molar-refractivity contribution in [2.75, 3.05) is 6.54 Å². The highest BCUT2D eigenvalue weighted by atomic mass is 35.5. The summed E-state index contributed by atoms with van der Waals surface area (Å²) in [6.45, 7) is 2.19. The lowest BCUT2D eigenvalue weighted by molar-refractivity contribution is -0.683. The quantitative estimate of drug-likeness (QED) is 0.809. The first-order chi connectivity index (χ1) is 10.2. The molecule has 4 bridgehead atoms. The van der Waals surface area contributed by atoms with Crippen molar-refractivity contribution in [2.24, 2.45) is 23.2 Å². The Morgan fingerprint density at radius 1 is 1.00 bits per heavy atom. The average molecular weight is 322 g/mol. The number of phenolic OH excluding ortho intramolecular Hbond substituents is 1. The second-order valence-corrected chi connectivity index (χ2v) is 8.08. The zero-order valence-electron chi connectivity index (χ0n) is 13.3. The molecule has 1 aromatic carbocycles. The van der Waals surface area contributed by atoms with Crippen LogP contribution in [0.4, 0.5) is 0 Å². The van der Waals surface area contributed by atoms with Crippen LogP contribution in [0.2, 0.25) is 0 Å². The van der Waals surface area contributed by atoms with Gasteiger partial charge >= 0.3 is 0 Å². The van der Waals surface area contributed by atoms with Crippen LogP contribution in [0.25, 0.3) is 0 Å². The molecule has 0 aliphatic heterocycles. The highest BCUT2D eigenvalue weighted by molar-refractivity contribution is 5.30. The van der Waals surface area contributed by atoms with Gasteiger partial charge in [0.1, 0.15) is 12.3 Å². The Hall–Kier alpha value is -0.730. The van der Waals surface area contributed by atoms with Crippen LogP contribution in [0.5, 0.6) is 5.75 Å². The number of aromatic hydroxyl groups is 1. The minimum Gasteiger partial charge on any atom is -1.00 e. The predicted molar refractivity (Wildman–Crippen MR) is 83.8 cm³/mol. The fraction of sp³-hybridized carbons (Fsp3) is 0.684. The van der Waals surface area contributed by atoms with Crippen molar-refractivity contribution in [3.63, 3.8) is 0 Å². The SMILES string of the molecule is Oc1ccccc1C[NH2+]CC12CC3CCC(CC(C3)C1)C2.[Cl-]. The van der Waals surface area contributed by atoms with Crippen molar-refractivity contribution in [3.8, 4) is 5.75 Å². The Morgan fingerprint density at radius 2 is 1.64 bits per heavy atom. The molecule has 4 aliphatic carbocycles. The van der Waals surface area contributed by atoms with Gasteiger partial charge in [0, 0.05) is 11.0 Å². The number of para-hydroxylation sites is 1. The van der Waals surface area contributed by atoms with Gasteiger partial charge in [-0.2, -0.15) is 0 Å². The van der Waals surface area contributed by atoms with Crippen LogP contribution < -0.4 is 17.7 Å². The number of hydrogen-bond acceptors (Lipinski definition) is 1. The summed E-state index contributed by atoms with van der Waals surface area (Å²) < 4.78 is 0. The first-order valence-electron chi connectivity index (χ1n) is 8.81. The van der Waals surface area contributed by atoms with E-state index in [2.05, 4.69) is 11.4 Å². The number of fused-ring (bicyclic) bond motifs is 1. The van der Waals surface area contributed by atoms with Gasteiger partial charge in [0.05, 0.1) is 6.54 Å². The van der Waals surface area contributed by atoms with Gasteiger partial charge in [-0.15, -0.1) is 0 Å². The molecular formula is C19H28ClNO. The molecule has 2 nitrogen and oxygen atoms in total. The number of phenols is 1. The minimum absolute atomic E-state index is 0. The van der Waals surface area contributed by atoms with Gasteiger partial charge < -0.3 is 22.8 Å². The highest BCUT2D eigenvalue weighted by Crippen LogP contribution is 2.57. The summed E-state index contributed by atoms with van der Waals surface area (Å²) in [5.41, 5.74) is 1.71. The van der Waals surface area contributed by atoms with Gasteiger partial charge in [0.2, 0.25) is 0 Å². The van der Waals surface area contributed by atoms with E-state index in [1.54, 1.807) is 6.07 Å². The fourth-order valence-electron chi connectivity index (χ4n) is 5.84. The van der Waals surface area contributed by atoms with E-state index >= 15 is 0 Å². The van der Waals surface area contributed by atoms with Crippen LogP contribution in [0.1, 0.15) is 50.5 Å². The molecule has 3 N–H and O–H groups in total. The summed E-state index contributed by atoms with van der Waals surface area (Å²) >= 11 is 0. The maximum atomic E-state index is 9.90. The van der Waals surface area contributed by atoms with E-state index in [4.69, 9.17) is 0 Å². The van der Waals surface area contributed by atoms with E-state index in [-0.39, 0.29) is 12.4 Å². The van der Waals surface area contributed by atoms with Crippen molar-refractivity contribution >= 4 is 0 Å². The van der Waals surface area contributed by atoms with Gasteiger partial charge in [-0.25, -0.2) is 0 Å². The van der Waals surface area contributed by atoms with Gasteiger partial charge in [-0.1, -0.05) is 25.0 Å². The van der Waals surface area contributed by atoms with E-state index in [9.17, 15) is 5.11 Å². The lowest BCUT2D eigenvalue weighted by atomic mass is 9.58. The maximum absolute atomic E-state index is 9.90. The highest BCUT2D eigenvalue weighted by Gasteiger charge is 2.49. The zero-order chi connectivity index (χ0) is 14.3. The Labute approximate surface area is 140 Å². The van der Waals surface area contributed by atoms with E-state index in [0.717, 1.165) is 29.9 Å². The summed E-state index contributed by atoms with van der Waals surface area (Å²) in [4.78, 5) is 0. The predicted octanol–water partition coefficient (Wildman–Crippen LogP) is 0.0661. The smallest absolute Gasteiger partial charge is 0.124 e. The molecule has 0 amide bonds. The van der Waals surface area contributed by atoms with E-state index < -0.39 is 0 Å². The molecule has 0 saturated heterocycles. The fourth-order valence-corrected chi connectivity index (χ4v) is 5.84. The first-order valence-corrected chi connectivity index (χ1v) is 8.81. The van der Waals surface area contributed by atoms with E-state index in [1.165, 1.54) is 51.5 Å². The third-order valence-corrected chi connectivity index (χ3v) is 6.41. The molecule has 3 heteroatoms. The topological polar surface area (TPSA) is 36.8 Å². The molecule has 4 saturated carbocycles. The van der Waals surface area contributed by atoms with Crippen LogP contribution in [0.15, 0.2) is 24.3 Å². The molecule has 2 unspecified atom stereocenters. The Balaban J connectivity index is 0.00000144. The van der Waals surface area contributed by atoms with Crippen LogP contribution in [-0.2, 0) is 6.54 Å². The average Bonchev–Trinajstić information content (AvgIpc) is 2.67. The van der Waals surface area contributed by atoms with Gasteiger partial charge in [0.15, 0.2) is 0 Å². The van der Waals surface area contributed by atoms with Gasteiger partial charge in [-0.05, 0) is 62.0 Å². The molecular weight excluding hydrogens is 294 g/mol. The Bertz CT molecular complexity index is 502. The number of benzene rings is 1. The van der Waals surface area contributed by atoms with Crippen LogP contribution in [-0.4, -0.2) is 11.7 Å². The summed E-state index contributed by atoms with van der Waals surface area (Å²) in [6, 6.07) is 7.79. The first kappa shape index (κ1) is 16.1. The number of hydrogen-bond donors (Lipinski definition) is 2. The Morgan fingerprint density at radius 3 is 2.32 bits per heavy atom. The maximum Gasteiger partial charge on any atom is 0.124 e. The molecule has 122 valence electrons. The second kappa shape index (κ2) is 6.41. The molecule has 4 aliphatic rings. The monoisotopic (exact) mass is 321 g/mol. The summed E-state index contributed by atoms with van der Waals surface area (Å²) in [5.74, 6) is 3.53. The molecule has 4 fully saturated rings. The summed E-state index contributed by atoms with van der Waals surface area (Å²) in [5, 5.41) is 12.4. The van der Waals surface area contributed by atoms with Crippen LogP contribution in [0, 0.1) is 23.2 Å². The molecule has 5 rings (SSSR count). The molecule has 0 spiro atoms. The van der Waals surface area contributed by atoms with Crippen LogP contribution >= 0.6 is 0 Å². The summed E-state index contributed by atoms with van der Waals surface area (Å²) in [7, 11) is 0. The standard InChI is InChI=1S/C19H27NO.ClH/c21-18-4-2-1-3-17(18)12-20-13-19-9-14-5-6-15(10-19)8-16(7-14)11-19;/h1-4,14-16,20-21H,5-13H2;1H. The molecule has 1 aromatic rings. The number of quaternary nitrogens is 1. The number of halogens is 1. The van der Waals surface area contributed by atoms with Crippen molar-refractivity contribution in [1.29, 1.82) is 0 Å². The third-order valence-electron chi connectivity index (χ3n) is 6.41. The number of nitrogens with two attached hydrogens (primary N) is 1. The van der Waals surface area contributed by atoms with Gasteiger partial charge in [-0.3, -0.25) is 0 Å². The summed E-state index contributed by atoms with van der Waals surface area (Å²) in [6.07, 6.45) is 10.5. The van der Waals surface area contributed by atoms with Crippen molar-refractivity contribution in [3.05, 3.63) is 29.8 Å².